The number of aliphatic imine (C=N–C) groups is 1. The largest absolute Gasteiger partial charge is 0.497 e. The van der Waals surface area contributed by atoms with Crippen molar-refractivity contribution in [3.63, 3.8) is 0 Å². The minimum Gasteiger partial charge on any atom is -0.497 e. The maximum Gasteiger partial charge on any atom is 0.125 e. The fourth-order valence-electron chi connectivity index (χ4n) is 1.64. The summed E-state index contributed by atoms with van der Waals surface area (Å²) < 4.78 is 5.17. The second-order valence-corrected chi connectivity index (χ2v) is 3.54. The van der Waals surface area contributed by atoms with Gasteiger partial charge in [0.1, 0.15) is 11.6 Å². The minimum atomic E-state index is 0.553. The Bertz CT molecular complexity index is 547. The molecule has 0 aromatic heterocycles. The first-order valence-corrected chi connectivity index (χ1v) is 5.05. The molecule has 2 aromatic carbocycles. The quantitative estimate of drug-likeness (QED) is 0.615. The molecule has 2 N–H and O–H groups in total. The van der Waals surface area contributed by atoms with Crippen LogP contribution in [0.4, 0.5) is 0 Å². The molecule has 0 saturated carbocycles. The number of amidine groups is 1. The molecule has 3 heteroatoms. The molecule has 0 atom stereocenters. The van der Waals surface area contributed by atoms with Crippen LogP contribution in [-0.4, -0.2) is 20.0 Å². The third-order valence-electron chi connectivity index (χ3n) is 2.58. The lowest BCUT2D eigenvalue weighted by Gasteiger charge is -2.05. The standard InChI is InChI=1S/C13H14N2O/c1-15-13(14)11-4-3-10-8-12(16-2)6-5-9(10)7-11/h3-8H,1-2H3,(H2,14,15). The molecule has 0 spiro atoms. The van der Waals surface area contributed by atoms with E-state index in [1.165, 1.54) is 0 Å². The van der Waals surface area contributed by atoms with Crippen LogP contribution < -0.4 is 10.5 Å². The van der Waals surface area contributed by atoms with Crippen LogP contribution in [0, 0.1) is 0 Å². The smallest absolute Gasteiger partial charge is 0.125 e. The Labute approximate surface area is 94.6 Å². The zero-order chi connectivity index (χ0) is 11.5. The highest BCUT2D eigenvalue weighted by Gasteiger charge is 2.00. The number of nitrogens with zero attached hydrogens (tertiary/aromatic N) is 1. The molecular formula is C13H14N2O. The van der Waals surface area contributed by atoms with Crippen LogP contribution in [0.3, 0.4) is 0 Å². The topological polar surface area (TPSA) is 47.6 Å². The Morgan fingerprint density at radius 2 is 1.81 bits per heavy atom. The summed E-state index contributed by atoms with van der Waals surface area (Å²) in [6.07, 6.45) is 0. The summed E-state index contributed by atoms with van der Waals surface area (Å²) in [6.45, 7) is 0. The lowest BCUT2D eigenvalue weighted by atomic mass is 10.1. The van der Waals surface area contributed by atoms with E-state index in [1.807, 2.05) is 36.4 Å². The highest BCUT2D eigenvalue weighted by Crippen LogP contribution is 2.21. The molecule has 0 fully saturated rings. The predicted molar refractivity (Wildman–Crippen MR) is 67.1 cm³/mol. The summed E-state index contributed by atoms with van der Waals surface area (Å²) in [5.41, 5.74) is 6.71. The number of fused-ring (bicyclic) bond motifs is 1. The molecule has 0 aliphatic carbocycles. The van der Waals surface area contributed by atoms with E-state index in [0.29, 0.717) is 5.84 Å². The zero-order valence-corrected chi connectivity index (χ0v) is 9.40. The fourth-order valence-corrected chi connectivity index (χ4v) is 1.64. The second-order valence-electron chi connectivity index (χ2n) is 3.54. The summed E-state index contributed by atoms with van der Waals surface area (Å²) >= 11 is 0. The van der Waals surface area contributed by atoms with Gasteiger partial charge in [-0.25, -0.2) is 0 Å². The van der Waals surface area contributed by atoms with E-state index < -0.39 is 0 Å². The van der Waals surface area contributed by atoms with Gasteiger partial charge in [-0.15, -0.1) is 0 Å². The monoisotopic (exact) mass is 214 g/mol. The minimum absolute atomic E-state index is 0.553. The average molecular weight is 214 g/mol. The van der Waals surface area contributed by atoms with Gasteiger partial charge in [-0.3, -0.25) is 4.99 Å². The van der Waals surface area contributed by atoms with Gasteiger partial charge < -0.3 is 10.5 Å². The molecule has 2 rings (SSSR count). The molecule has 3 nitrogen and oxygen atoms in total. The van der Waals surface area contributed by atoms with Crippen LogP contribution in [0.25, 0.3) is 10.8 Å². The van der Waals surface area contributed by atoms with Crippen molar-refractivity contribution in [1.82, 2.24) is 0 Å². The summed E-state index contributed by atoms with van der Waals surface area (Å²) in [6, 6.07) is 12.0. The van der Waals surface area contributed by atoms with Gasteiger partial charge in [0.25, 0.3) is 0 Å². The van der Waals surface area contributed by atoms with Gasteiger partial charge in [-0.05, 0) is 29.0 Å². The van der Waals surface area contributed by atoms with Gasteiger partial charge in [0.05, 0.1) is 7.11 Å². The molecule has 0 radical (unpaired) electrons. The van der Waals surface area contributed by atoms with Crippen LogP contribution >= 0.6 is 0 Å². The van der Waals surface area contributed by atoms with Crippen LogP contribution in [0.2, 0.25) is 0 Å². The molecule has 0 heterocycles. The number of rotatable bonds is 2. The van der Waals surface area contributed by atoms with Crippen molar-refractivity contribution in [2.45, 2.75) is 0 Å². The molecule has 0 aliphatic rings. The van der Waals surface area contributed by atoms with E-state index >= 15 is 0 Å². The first-order valence-electron chi connectivity index (χ1n) is 5.05. The highest BCUT2D eigenvalue weighted by molar-refractivity contribution is 6.01. The Morgan fingerprint density at radius 1 is 1.12 bits per heavy atom. The fraction of sp³-hybridized carbons (Fsp3) is 0.154. The van der Waals surface area contributed by atoms with Crippen LogP contribution in [0.5, 0.6) is 5.75 Å². The Hall–Kier alpha value is -2.03. The van der Waals surface area contributed by atoms with Crippen molar-refractivity contribution in [1.29, 1.82) is 0 Å². The maximum absolute atomic E-state index is 5.77. The zero-order valence-electron chi connectivity index (χ0n) is 9.40. The van der Waals surface area contributed by atoms with Crippen molar-refractivity contribution in [3.05, 3.63) is 42.0 Å². The van der Waals surface area contributed by atoms with E-state index in [0.717, 1.165) is 22.1 Å². The molecule has 0 bridgehead atoms. The van der Waals surface area contributed by atoms with Gasteiger partial charge >= 0.3 is 0 Å². The Morgan fingerprint density at radius 3 is 2.50 bits per heavy atom. The molecule has 16 heavy (non-hydrogen) atoms. The SMILES string of the molecule is CN=C(N)c1ccc2cc(OC)ccc2c1. The molecule has 0 unspecified atom stereocenters. The number of hydrogen-bond donors (Lipinski definition) is 1. The van der Waals surface area contributed by atoms with Crippen molar-refractivity contribution >= 4 is 16.6 Å². The maximum atomic E-state index is 5.77. The van der Waals surface area contributed by atoms with Crippen molar-refractivity contribution < 1.29 is 4.74 Å². The Balaban J connectivity index is 2.56. The normalized spacial score (nSPS) is 11.8. The van der Waals surface area contributed by atoms with Gasteiger partial charge in [0.2, 0.25) is 0 Å². The molecule has 0 amide bonds. The van der Waals surface area contributed by atoms with E-state index in [4.69, 9.17) is 10.5 Å². The van der Waals surface area contributed by atoms with E-state index in [-0.39, 0.29) is 0 Å². The summed E-state index contributed by atoms with van der Waals surface area (Å²) in [5.74, 6) is 1.41. The van der Waals surface area contributed by atoms with E-state index in [9.17, 15) is 0 Å². The van der Waals surface area contributed by atoms with Crippen LogP contribution in [-0.2, 0) is 0 Å². The molecule has 82 valence electrons. The number of benzene rings is 2. The number of hydrogen-bond acceptors (Lipinski definition) is 2. The van der Waals surface area contributed by atoms with Gasteiger partial charge in [0.15, 0.2) is 0 Å². The number of nitrogens with two attached hydrogens (primary N) is 1. The third kappa shape index (κ3) is 1.84. The van der Waals surface area contributed by atoms with Crippen molar-refractivity contribution in [3.8, 4) is 5.75 Å². The van der Waals surface area contributed by atoms with Crippen LogP contribution in [0.1, 0.15) is 5.56 Å². The highest BCUT2D eigenvalue weighted by atomic mass is 16.5. The number of ether oxygens (including phenoxy) is 1. The third-order valence-corrected chi connectivity index (χ3v) is 2.58. The summed E-state index contributed by atoms with van der Waals surface area (Å²) in [5, 5.41) is 2.26. The van der Waals surface area contributed by atoms with Crippen molar-refractivity contribution in [2.24, 2.45) is 10.7 Å². The second kappa shape index (κ2) is 4.23. The summed E-state index contributed by atoms with van der Waals surface area (Å²) in [4.78, 5) is 3.97. The van der Waals surface area contributed by atoms with Gasteiger partial charge in [-0.1, -0.05) is 18.2 Å². The van der Waals surface area contributed by atoms with E-state index in [1.54, 1.807) is 14.2 Å². The lowest BCUT2D eigenvalue weighted by Crippen LogP contribution is -2.12. The lowest BCUT2D eigenvalue weighted by molar-refractivity contribution is 0.415. The predicted octanol–water partition coefficient (Wildman–Crippen LogP) is 2.18. The average Bonchev–Trinajstić information content (AvgIpc) is 2.36. The molecule has 2 aromatic rings. The number of methoxy groups -OCH3 is 1. The van der Waals surface area contributed by atoms with Crippen LogP contribution in [0.15, 0.2) is 41.4 Å². The first kappa shape index (κ1) is 10.5. The molecule has 0 saturated heterocycles. The van der Waals surface area contributed by atoms with E-state index in [2.05, 4.69) is 4.99 Å². The first-order chi connectivity index (χ1) is 7.74. The van der Waals surface area contributed by atoms with Crippen molar-refractivity contribution in [2.75, 3.05) is 14.2 Å². The Kier molecular flexibility index (Phi) is 2.77. The summed E-state index contributed by atoms with van der Waals surface area (Å²) in [7, 11) is 3.35. The van der Waals surface area contributed by atoms with Gasteiger partial charge in [0, 0.05) is 12.6 Å². The molecular weight excluding hydrogens is 200 g/mol. The van der Waals surface area contributed by atoms with Gasteiger partial charge in [-0.2, -0.15) is 0 Å². The molecule has 0 aliphatic heterocycles.